The molecule has 4 aromatic rings. The first-order valence-corrected chi connectivity index (χ1v) is 12.3. The van der Waals surface area contributed by atoms with Gasteiger partial charge in [-0.2, -0.15) is 0 Å². The second-order valence-corrected chi connectivity index (χ2v) is 10.0. The summed E-state index contributed by atoms with van der Waals surface area (Å²) < 4.78 is 37.6. The molecule has 1 heterocycles. The number of nitro benzene ring substituents is 1. The molecule has 12 heteroatoms. The number of rotatable bonds is 8. The third-order valence-corrected chi connectivity index (χ3v) is 7.45. The second kappa shape index (κ2) is 9.68. The summed E-state index contributed by atoms with van der Waals surface area (Å²) in [6, 6.07) is 17.1. The van der Waals surface area contributed by atoms with Gasteiger partial charge in [0, 0.05) is 21.2 Å². The Morgan fingerprint density at radius 2 is 1.71 bits per heavy atom. The summed E-state index contributed by atoms with van der Waals surface area (Å²) in [7, 11) is -1.20. The van der Waals surface area contributed by atoms with Crippen molar-refractivity contribution in [3.05, 3.63) is 82.5 Å². The van der Waals surface area contributed by atoms with Gasteiger partial charge in [-0.25, -0.2) is 13.1 Å². The molecule has 0 saturated heterocycles. The lowest BCUT2D eigenvalue weighted by atomic mass is 10.2. The topological polar surface area (TPSA) is 141 Å². The highest BCUT2D eigenvalue weighted by molar-refractivity contribution is 7.99. The maximum absolute atomic E-state index is 12.8. The molecule has 35 heavy (non-hydrogen) atoms. The summed E-state index contributed by atoms with van der Waals surface area (Å²) in [6.45, 7) is 0. The lowest BCUT2D eigenvalue weighted by Crippen LogP contribution is -2.30. The Hall–Kier alpha value is -4.03. The van der Waals surface area contributed by atoms with Crippen LogP contribution in [0.2, 0.25) is 0 Å². The summed E-state index contributed by atoms with van der Waals surface area (Å²) in [5, 5.41) is 12.0. The van der Waals surface area contributed by atoms with E-state index >= 15 is 0 Å². The Labute approximate surface area is 204 Å². The predicted octanol–water partition coefficient (Wildman–Crippen LogP) is 4.36. The first-order chi connectivity index (χ1) is 16.7. The number of fused-ring (bicyclic) bond motifs is 1. The number of nitro groups is 1. The maximum Gasteiger partial charge on any atom is 0.293 e. The van der Waals surface area contributed by atoms with Gasteiger partial charge < -0.3 is 14.5 Å². The smallest absolute Gasteiger partial charge is 0.293 e. The molecule has 3 aromatic carbocycles. The van der Waals surface area contributed by atoms with E-state index in [-0.39, 0.29) is 21.8 Å². The van der Waals surface area contributed by atoms with Crippen LogP contribution in [0.1, 0.15) is 10.5 Å². The Kier molecular flexibility index (Phi) is 6.67. The fourth-order valence-corrected chi connectivity index (χ4v) is 5.27. The third kappa shape index (κ3) is 5.08. The van der Waals surface area contributed by atoms with Crippen LogP contribution in [0.3, 0.4) is 0 Å². The van der Waals surface area contributed by atoms with Crippen molar-refractivity contribution in [2.45, 2.75) is 14.7 Å². The van der Waals surface area contributed by atoms with Crippen LogP contribution in [-0.4, -0.2) is 38.5 Å². The van der Waals surface area contributed by atoms with Gasteiger partial charge in [-0.1, -0.05) is 17.8 Å². The molecule has 0 radical (unpaired) electrons. The van der Waals surface area contributed by atoms with Crippen molar-refractivity contribution >= 4 is 44.3 Å². The summed E-state index contributed by atoms with van der Waals surface area (Å²) >= 11 is 1.32. The van der Waals surface area contributed by atoms with Gasteiger partial charge in [0.25, 0.3) is 21.6 Å². The van der Waals surface area contributed by atoms with Crippen LogP contribution in [0.15, 0.2) is 81.4 Å². The minimum atomic E-state index is -4.19. The number of hydrogen-bond acceptors (Lipinski definition) is 8. The first kappa shape index (κ1) is 24.1. The van der Waals surface area contributed by atoms with E-state index in [2.05, 4.69) is 4.98 Å². The lowest BCUT2D eigenvalue weighted by molar-refractivity contribution is -0.383. The average Bonchev–Trinajstić information content (AvgIpc) is 3.30. The maximum atomic E-state index is 12.8. The van der Waals surface area contributed by atoms with E-state index in [1.807, 2.05) is 16.9 Å². The molecular weight excluding hydrogens is 494 g/mol. The van der Waals surface area contributed by atoms with E-state index in [0.717, 1.165) is 4.90 Å². The first-order valence-electron chi connectivity index (χ1n) is 10.0. The number of non-ortho nitro benzene ring substituents is 1. The molecule has 1 amide bonds. The summed E-state index contributed by atoms with van der Waals surface area (Å²) in [6.07, 6.45) is 0. The molecule has 0 atom stereocenters. The number of carbonyl (C=O) groups is 1. The van der Waals surface area contributed by atoms with Crippen LogP contribution < -0.4 is 14.2 Å². The Bertz CT molecular complexity index is 1530. The van der Waals surface area contributed by atoms with Gasteiger partial charge in [-0.3, -0.25) is 14.9 Å². The Morgan fingerprint density at radius 3 is 2.37 bits per heavy atom. The molecule has 4 rings (SSSR count). The molecule has 0 saturated carbocycles. The molecule has 10 nitrogen and oxygen atoms in total. The molecule has 1 aromatic heterocycles. The lowest BCUT2D eigenvalue weighted by Gasteiger charge is -2.06. The number of hydrogen-bond donors (Lipinski definition) is 2. The van der Waals surface area contributed by atoms with E-state index in [1.165, 1.54) is 55.3 Å². The normalized spacial score (nSPS) is 11.3. The molecule has 0 unspecified atom stereocenters. The number of nitrogens with zero attached hydrogens (tertiary/aromatic N) is 1. The van der Waals surface area contributed by atoms with Crippen LogP contribution in [0.25, 0.3) is 10.9 Å². The van der Waals surface area contributed by atoms with Gasteiger partial charge in [0.05, 0.1) is 24.0 Å². The van der Waals surface area contributed by atoms with Crippen molar-refractivity contribution in [1.29, 1.82) is 0 Å². The van der Waals surface area contributed by atoms with E-state index in [9.17, 15) is 23.3 Å². The largest absolute Gasteiger partial charge is 0.497 e. The summed E-state index contributed by atoms with van der Waals surface area (Å²) in [5.41, 5.74) is -0.277. The van der Waals surface area contributed by atoms with Gasteiger partial charge >= 0.3 is 0 Å². The predicted molar refractivity (Wildman–Crippen MR) is 130 cm³/mol. The van der Waals surface area contributed by atoms with Gasteiger partial charge in [0.1, 0.15) is 22.7 Å². The molecule has 0 aliphatic rings. The molecule has 180 valence electrons. The Balaban J connectivity index is 1.69. The highest BCUT2D eigenvalue weighted by Crippen LogP contribution is 2.38. The van der Waals surface area contributed by atoms with Crippen molar-refractivity contribution in [2.24, 2.45) is 0 Å². The van der Waals surface area contributed by atoms with Crippen molar-refractivity contribution in [2.75, 3.05) is 14.2 Å². The van der Waals surface area contributed by atoms with Gasteiger partial charge in [-0.05, 0) is 54.6 Å². The fourth-order valence-electron chi connectivity index (χ4n) is 3.32. The van der Waals surface area contributed by atoms with Crippen molar-refractivity contribution in [3.63, 3.8) is 0 Å². The number of methoxy groups -OCH3 is 2. The fraction of sp³-hybridized carbons (Fsp3) is 0.0870. The standard InChI is InChI=1S/C23H19N3O7S2/c1-32-14-6-8-17(9-7-14)35(30,31)25-23(27)19-13-18-21(11-10-20(26(28)29)22(18)24-19)34-16-5-3-4-15(12-16)33-2/h3-13,24H,1-2H3,(H,25,27). The quantitative estimate of drug-likeness (QED) is 0.261. The number of H-pyrrole nitrogens is 1. The SMILES string of the molecule is COc1ccc(S(=O)(=O)NC(=O)c2cc3c(Sc4cccc(OC)c4)ccc([N+](=O)[O-])c3[nH]2)cc1. The van der Waals surface area contributed by atoms with E-state index < -0.39 is 20.9 Å². The van der Waals surface area contributed by atoms with Crippen molar-refractivity contribution < 1.29 is 27.6 Å². The zero-order valence-electron chi connectivity index (χ0n) is 18.5. The molecule has 0 aliphatic carbocycles. The zero-order valence-corrected chi connectivity index (χ0v) is 20.1. The average molecular weight is 514 g/mol. The van der Waals surface area contributed by atoms with Gasteiger partial charge in [0.15, 0.2) is 0 Å². The van der Waals surface area contributed by atoms with E-state index in [0.29, 0.717) is 21.8 Å². The van der Waals surface area contributed by atoms with Crippen LogP contribution in [0, 0.1) is 10.1 Å². The molecule has 0 bridgehead atoms. The third-order valence-electron chi connectivity index (χ3n) is 5.04. The monoisotopic (exact) mass is 513 g/mol. The number of aromatic amines is 1. The van der Waals surface area contributed by atoms with Crippen molar-refractivity contribution in [1.82, 2.24) is 9.71 Å². The van der Waals surface area contributed by atoms with Crippen LogP contribution in [-0.2, 0) is 10.0 Å². The number of ether oxygens (including phenoxy) is 2. The molecule has 0 aliphatic heterocycles. The number of carbonyl (C=O) groups excluding carboxylic acids is 1. The minimum Gasteiger partial charge on any atom is -0.497 e. The number of amides is 1. The highest BCUT2D eigenvalue weighted by Gasteiger charge is 2.24. The number of sulfonamides is 1. The minimum absolute atomic E-state index is 0.106. The molecule has 0 spiro atoms. The number of aromatic nitrogens is 1. The molecular formula is C23H19N3O7S2. The van der Waals surface area contributed by atoms with Crippen molar-refractivity contribution in [3.8, 4) is 11.5 Å². The van der Waals surface area contributed by atoms with Gasteiger partial charge in [-0.15, -0.1) is 0 Å². The van der Waals surface area contributed by atoms with E-state index in [1.54, 1.807) is 25.3 Å². The van der Waals surface area contributed by atoms with Gasteiger partial charge in [0.2, 0.25) is 0 Å². The molecule has 0 fully saturated rings. The van der Waals surface area contributed by atoms with E-state index in [4.69, 9.17) is 9.47 Å². The highest BCUT2D eigenvalue weighted by atomic mass is 32.2. The second-order valence-electron chi connectivity index (χ2n) is 7.20. The van der Waals surface area contributed by atoms with Crippen LogP contribution >= 0.6 is 11.8 Å². The number of benzene rings is 3. The Morgan fingerprint density at radius 1 is 1.00 bits per heavy atom. The summed E-state index contributed by atoms with van der Waals surface area (Å²) in [5.74, 6) is 0.147. The molecule has 2 N–H and O–H groups in total. The van der Waals surface area contributed by atoms with Crippen LogP contribution in [0.5, 0.6) is 11.5 Å². The summed E-state index contributed by atoms with van der Waals surface area (Å²) in [4.78, 5) is 27.8. The number of nitrogens with one attached hydrogen (secondary N) is 2. The van der Waals surface area contributed by atoms with Crippen LogP contribution in [0.4, 0.5) is 5.69 Å². The zero-order chi connectivity index (χ0) is 25.2.